The van der Waals surface area contributed by atoms with E-state index in [1.807, 2.05) is 0 Å². The molecule has 1 radical (unpaired) electrons. The Labute approximate surface area is 139 Å². The van der Waals surface area contributed by atoms with E-state index in [0.29, 0.717) is 0 Å². The Kier molecular flexibility index (Phi) is 5.53. The van der Waals surface area contributed by atoms with Gasteiger partial charge in [-0.1, -0.05) is 29.4 Å². The average molecular weight is 360 g/mol. The van der Waals surface area contributed by atoms with Crippen molar-refractivity contribution in [3.05, 3.63) is 56.5 Å². The van der Waals surface area contributed by atoms with Crippen LogP contribution in [-0.4, -0.2) is 4.57 Å². The summed E-state index contributed by atoms with van der Waals surface area (Å²) < 4.78 is 14.9. The van der Waals surface area contributed by atoms with Gasteiger partial charge in [-0.2, -0.15) is 23.7 Å². The minimum atomic E-state index is -0.508. The van der Waals surface area contributed by atoms with Gasteiger partial charge in [0.15, 0.2) is 0 Å². The van der Waals surface area contributed by atoms with Gasteiger partial charge in [0.1, 0.15) is 0 Å². The molecule has 0 amide bonds. The van der Waals surface area contributed by atoms with Crippen LogP contribution in [0.3, 0.4) is 0 Å². The van der Waals surface area contributed by atoms with Crippen LogP contribution in [0.25, 0.3) is 11.3 Å². The third-order valence-electron chi connectivity index (χ3n) is 2.38. The summed E-state index contributed by atoms with van der Waals surface area (Å²) in [6, 6.07) is 8.37. The summed E-state index contributed by atoms with van der Waals surface area (Å²) in [5, 5.41) is 0.252. The Morgan fingerprint density at radius 2 is 1.94 bits per heavy atom. The second kappa shape index (κ2) is 6.29. The average Bonchev–Trinajstić information content (AvgIpc) is 2.29. The van der Waals surface area contributed by atoms with Crippen LogP contribution in [-0.2, 0) is 39.8 Å². The summed E-state index contributed by atoms with van der Waals surface area (Å²) in [5.74, 6) is -0.508. The van der Waals surface area contributed by atoms with Crippen molar-refractivity contribution in [1.82, 2.24) is 4.57 Å². The van der Waals surface area contributed by atoms with Crippen molar-refractivity contribution in [2.45, 2.75) is 0 Å². The zero-order valence-corrected chi connectivity index (χ0v) is 13.7. The molecule has 6 heteroatoms. The molecule has 0 spiro atoms. The number of aromatic nitrogens is 1. The van der Waals surface area contributed by atoms with E-state index >= 15 is 0 Å². The first kappa shape index (κ1) is 15.8. The standard InChI is InChI=1S/C12H7Cl2FNO.Y/c1-16-10(6-5-8(14)12(16)17)11-7(13)3-2-4-9(11)15;/h2-5H,1H3;/q-1;. The molecule has 18 heavy (non-hydrogen) atoms. The van der Waals surface area contributed by atoms with Gasteiger partial charge in [0.25, 0.3) is 0 Å². The summed E-state index contributed by atoms with van der Waals surface area (Å²) in [6.07, 6.45) is 0. The summed E-state index contributed by atoms with van der Waals surface area (Å²) >= 11 is 11.6. The summed E-state index contributed by atoms with van der Waals surface area (Å²) in [7, 11) is 1.49. The molecule has 2 aromatic rings. The van der Waals surface area contributed by atoms with E-state index in [0.717, 1.165) is 0 Å². The Morgan fingerprint density at radius 1 is 1.28 bits per heavy atom. The van der Waals surface area contributed by atoms with Crippen LogP contribution in [0.2, 0.25) is 10.0 Å². The number of rotatable bonds is 1. The second-order valence-corrected chi connectivity index (χ2v) is 4.26. The molecule has 1 aromatic heterocycles. The van der Waals surface area contributed by atoms with Gasteiger partial charge in [-0.25, -0.2) is 4.39 Å². The number of pyridine rings is 1. The predicted octanol–water partition coefficient (Wildman–Crippen LogP) is 3.30. The first-order chi connectivity index (χ1) is 8.02. The van der Waals surface area contributed by atoms with E-state index < -0.39 is 11.4 Å². The second-order valence-electron chi connectivity index (χ2n) is 3.45. The van der Waals surface area contributed by atoms with Gasteiger partial charge in [-0.05, 0) is 16.7 Å². The van der Waals surface area contributed by atoms with Crippen LogP contribution in [0, 0.1) is 11.9 Å². The molecule has 0 bridgehead atoms. The molecular weight excluding hydrogens is 353 g/mol. The van der Waals surface area contributed by atoms with Crippen molar-refractivity contribution < 1.29 is 37.1 Å². The minimum absolute atomic E-state index is 0. The molecule has 0 aliphatic heterocycles. The Bertz CT molecular complexity index is 622. The quantitative estimate of drug-likeness (QED) is 0.716. The van der Waals surface area contributed by atoms with Crippen molar-refractivity contribution in [3.8, 4) is 11.3 Å². The molecule has 0 unspecified atom stereocenters. The zero-order valence-electron chi connectivity index (χ0n) is 9.38. The van der Waals surface area contributed by atoms with Gasteiger partial charge in [-0.3, -0.25) is 4.79 Å². The Hall–Kier alpha value is -0.216. The van der Waals surface area contributed by atoms with E-state index in [-0.39, 0.29) is 54.0 Å². The Balaban J connectivity index is 0.00000162. The van der Waals surface area contributed by atoms with E-state index in [9.17, 15) is 9.18 Å². The van der Waals surface area contributed by atoms with Crippen molar-refractivity contribution in [2.75, 3.05) is 0 Å². The van der Waals surface area contributed by atoms with E-state index in [1.165, 1.54) is 29.8 Å². The first-order valence-electron chi connectivity index (χ1n) is 4.74. The molecule has 91 valence electrons. The van der Waals surface area contributed by atoms with Gasteiger partial charge in [0.05, 0.1) is 5.82 Å². The molecule has 0 N–H and O–H groups in total. The summed E-state index contributed by atoms with van der Waals surface area (Å²) in [6.45, 7) is 0. The maximum Gasteiger partial charge on any atom is 0.212 e. The fourth-order valence-corrected chi connectivity index (χ4v) is 1.95. The predicted molar refractivity (Wildman–Crippen MR) is 65.9 cm³/mol. The minimum Gasteiger partial charge on any atom is -0.344 e. The number of halogens is 3. The van der Waals surface area contributed by atoms with E-state index in [4.69, 9.17) is 23.2 Å². The molecule has 1 aromatic carbocycles. The fourth-order valence-electron chi connectivity index (χ4n) is 1.52. The maximum absolute atomic E-state index is 13.7. The number of hydrogen-bond acceptors (Lipinski definition) is 1. The largest absolute Gasteiger partial charge is 0.344 e. The van der Waals surface area contributed by atoms with Crippen molar-refractivity contribution >= 4 is 23.2 Å². The van der Waals surface area contributed by atoms with E-state index in [2.05, 4.69) is 6.07 Å². The summed E-state index contributed by atoms with van der Waals surface area (Å²) in [4.78, 5) is 11.6. The molecule has 2 nitrogen and oxygen atoms in total. The number of benzene rings is 1. The van der Waals surface area contributed by atoms with Crippen LogP contribution in [0.5, 0.6) is 0 Å². The smallest absolute Gasteiger partial charge is 0.212 e. The number of hydrogen-bond donors (Lipinski definition) is 0. The molecule has 0 atom stereocenters. The first-order valence-corrected chi connectivity index (χ1v) is 5.49. The van der Waals surface area contributed by atoms with Gasteiger partial charge in [0.2, 0.25) is 5.56 Å². The van der Waals surface area contributed by atoms with Gasteiger partial charge >= 0.3 is 0 Å². The van der Waals surface area contributed by atoms with Crippen molar-refractivity contribution in [3.63, 3.8) is 0 Å². The van der Waals surface area contributed by atoms with E-state index in [1.54, 1.807) is 6.07 Å². The molecule has 2 rings (SSSR count). The van der Waals surface area contributed by atoms with Gasteiger partial charge in [-0.15, -0.1) is 0 Å². The van der Waals surface area contributed by atoms with Gasteiger partial charge in [0, 0.05) is 44.8 Å². The normalized spacial score (nSPS) is 10.0. The molecule has 0 saturated heterocycles. The Morgan fingerprint density at radius 3 is 2.56 bits per heavy atom. The van der Waals surface area contributed by atoms with Crippen LogP contribution < -0.4 is 5.56 Å². The fraction of sp³-hybridized carbons (Fsp3) is 0.0833. The zero-order chi connectivity index (χ0) is 12.6. The van der Waals surface area contributed by atoms with Crippen LogP contribution in [0.1, 0.15) is 0 Å². The molecular formula is C12H7Cl2FNOY-. The van der Waals surface area contributed by atoms with Gasteiger partial charge < -0.3 is 4.57 Å². The van der Waals surface area contributed by atoms with Crippen LogP contribution in [0.15, 0.2) is 29.1 Å². The monoisotopic (exact) mass is 359 g/mol. The molecule has 1 heterocycles. The molecule has 0 aliphatic rings. The maximum atomic E-state index is 13.7. The summed E-state index contributed by atoms with van der Waals surface area (Å²) in [5.41, 5.74) is -0.00679. The van der Waals surface area contributed by atoms with Crippen LogP contribution >= 0.6 is 23.2 Å². The molecule has 0 fully saturated rings. The number of nitrogens with zero attached hydrogens (tertiary/aromatic N) is 1. The van der Waals surface area contributed by atoms with Crippen molar-refractivity contribution in [2.24, 2.45) is 7.05 Å². The topological polar surface area (TPSA) is 22.0 Å². The van der Waals surface area contributed by atoms with Crippen molar-refractivity contribution in [1.29, 1.82) is 0 Å². The third kappa shape index (κ3) is 2.85. The third-order valence-corrected chi connectivity index (χ3v) is 2.97. The SMILES string of the molecule is Cn1c(-c2c(F)cccc2Cl)[c-]cc(Cl)c1=O.[Y]. The molecule has 0 saturated carbocycles. The van der Waals surface area contributed by atoms with Crippen LogP contribution in [0.4, 0.5) is 4.39 Å². The molecule has 0 aliphatic carbocycles.